The molecular formula is C22H24N2O. The van der Waals surface area contributed by atoms with Crippen molar-refractivity contribution >= 4 is 5.91 Å². The first-order valence-electron chi connectivity index (χ1n) is 9.08. The second-order valence-electron chi connectivity index (χ2n) is 6.98. The predicted octanol–water partition coefficient (Wildman–Crippen LogP) is 3.62. The highest BCUT2D eigenvalue weighted by Gasteiger charge is 2.42. The van der Waals surface area contributed by atoms with Crippen LogP contribution in [0.5, 0.6) is 0 Å². The van der Waals surface area contributed by atoms with Gasteiger partial charge in [0.05, 0.1) is 6.04 Å². The molecule has 2 aliphatic heterocycles. The van der Waals surface area contributed by atoms with Crippen LogP contribution in [0.4, 0.5) is 0 Å². The number of hydrogen-bond donors (Lipinski definition) is 0. The van der Waals surface area contributed by atoms with Crippen molar-refractivity contribution in [3.63, 3.8) is 0 Å². The highest BCUT2D eigenvalue weighted by Crippen LogP contribution is 2.30. The summed E-state index contributed by atoms with van der Waals surface area (Å²) in [5.74, 6) is 0.293. The first-order valence-corrected chi connectivity index (χ1v) is 9.08. The number of hydrogen-bond acceptors (Lipinski definition) is 2. The van der Waals surface area contributed by atoms with Crippen molar-refractivity contribution in [1.29, 1.82) is 0 Å². The summed E-state index contributed by atoms with van der Waals surface area (Å²) >= 11 is 0. The molecular weight excluding hydrogens is 308 g/mol. The summed E-state index contributed by atoms with van der Waals surface area (Å²) in [5.41, 5.74) is 2.52. The van der Waals surface area contributed by atoms with E-state index in [0.29, 0.717) is 11.9 Å². The van der Waals surface area contributed by atoms with Crippen molar-refractivity contribution in [2.75, 3.05) is 6.54 Å². The Morgan fingerprint density at radius 3 is 2.04 bits per heavy atom. The van der Waals surface area contributed by atoms with Crippen LogP contribution in [0.2, 0.25) is 0 Å². The van der Waals surface area contributed by atoms with Gasteiger partial charge in [0.25, 0.3) is 0 Å². The summed E-state index contributed by atoms with van der Waals surface area (Å²) in [6.07, 6.45) is 6.26. The molecule has 3 nitrogen and oxygen atoms in total. The van der Waals surface area contributed by atoms with Gasteiger partial charge in [-0.05, 0) is 24.0 Å². The normalized spacial score (nSPS) is 22.4. The molecule has 1 amide bonds. The average Bonchev–Trinajstić information content (AvgIpc) is 3.00. The number of carbonyl (C=O) groups is 1. The molecule has 0 spiro atoms. The molecule has 1 fully saturated rings. The lowest BCUT2D eigenvalue weighted by Gasteiger charge is -2.28. The van der Waals surface area contributed by atoms with Crippen LogP contribution in [0.3, 0.4) is 0 Å². The van der Waals surface area contributed by atoms with Crippen molar-refractivity contribution in [3.05, 3.63) is 83.9 Å². The summed E-state index contributed by atoms with van der Waals surface area (Å²) in [5, 5.41) is 0. The minimum Gasteiger partial charge on any atom is -0.334 e. The summed E-state index contributed by atoms with van der Waals surface area (Å²) in [6, 6.07) is 21.3. The smallest absolute Gasteiger partial charge is 0.240 e. The molecule has 2 aromatic carbocycles. The molecule has 0 aliphatic carbocycles. The molecule has 2 atom stereocenters. The van der Waals surface area contributed by atoms with E-state index in [1.54, 1.807) is 0 Å². The van der Waals surface area contributed by atoms with E-state index in [4.69, 9.17) is 0 Å². The standard InChI is InChI=1S/C22H24N2O/c25-22-21(15-20-13-7-8-14-24(20)22)23(16-18-9-3-1-4-10-18)17-19-11-5-2-6-12-19/h1-12,20-21H,13-17H2/t20-,21-/m0/s1. The van der Waals surface area contributed by atoms with Crippen LogP contribution >= 0.6 is 0 Å². The maximum Gasteiger partial charge on any atom is 0.240 e. The Morgan fingerprint density at radius 2 is 1.48 bits per heavy atom. The van der Waals surface area contributed by atoms with Gasteiger partial charge < -0.3 is 4.90 Å². The first kappa shape index (κ1) is 16.1. The van der Waals surface area contributed by atoms with Crippen LogP contribution in [-0.2, 0) is 17.9 Å². The van der Waals surface area contributed by atoms with Crippen LogP contribution in [0.25, 0.3) is 0 Å². The van der Waals surface area contributed by atoms with Crippen molar-refractivity contribution < 1.29 is 4.79 Å². The zero-order chi connectivity index (χ0) is 17.1. The summed E-state index contributed by atoms with van der Waals surface area (Å²) in [7, 11) is 0. The minimum absolute atomic E-state index is 0.0229. The molecule has 128 valence electrons. The molecule has 0 unspecified atom stereocenters. The van der Waals surface area contributed by atoms with Crippen LogP contribution in [-0.4, -0.2) is 34.3 Å². The van der Waals surface area contributed by atoms with Crippen LogP contribution in [0.1, 0.15) is 24.0 Å². The maximum atomic E-state index is 13.0. The van der Waals surface area contributed by atoms with E-state index in [9.17, 15) is 4.79 Å². The molecule has 2 aliphatic rings. The molecule has 2 heterocycles. The molecule has 0 bridgehead atoms. The second-order valence-corrected chi connectivity index (χ2v) is 6.98. The SMILES string of the molecule is O=C1[C@@H](N(Cc2ccccc2)Cc2ccccc2)C[C@@H]2CC=CCN12. The fourth-order valence-electron chi connectivity index (χ4n) is 3.98. The van der Waals surface area contributed by atoms with E-state index < -0.39 is 0 Å². The lowest BCUT2D eigenvalue weighted by atomic mass is 10.0. The number of fused-ring (bicyclic) bond motifs is 1. The van der Waals surface area contributed by atoms with Gasteiger partial charge >= 0.3 is 0 Å². The molecule has 2 aromatic rings. The van der Waals surface area contributed by atoms with Gasteiger partial charge in [-0.15, -0.1) is 0 Å². The largest absolute Gasteiger partial charge is 0.334 e. The van der Waals surface area contributed by atoms with E-state index >= 15 is 0 Å². The van der Waals surface area contributed by atoms with Crippen molar-refractivity contribution in [2.24, 2.45) is 0 Å². The van der Waals surface area contributed by atoms with E-state index in [-0.39, 0.29) is 6.04 Å². The third-order valence-electron chi connectivity index (χ3n) is 5.28. The third kappa shape index (κ3) is 3.52. The number of nitrogens with zero attached hydrogens (tertiary/aromatic N) is 2. The molecule has 4 rings (SSSR count). The van der Waals surface area contributed by atoms with Crippen LogP contribution in [0.15, 0.2) is 72.8 Å². The Labute approximate surface area is 149 Å². The number of benzene rings is 2. The van der Waals surface area contributed by atoms with Gasteiger partial charge in [-0.2, -0.15) is 0 Å². The number of rotatable bonds is 5. The predicted molar refractivity (Wildman–Crippen MR) is 99.8 cm³/mol. The lowest BCUT2D eigenvalue weighted by molar-refractivity contribution is -0.133. The molecule has 0 aromatic heterocycles. The molecule has 3 heteroatoms. The zero-order valence-corrected chi connectivity index (χ0v) is 14.4. The van der Waals surface area contributed by atoms with Crippen molar-refractivity contribution in [2.45, 2.75) is 38.0 Å². The average molecular weight is 332 g/mol. The third-order valence-corrected chi connectivity index (χ3v) is 5.28. The molecule has 25 heavy (non-hydrogen) atoms. The Kier molecular flexibility index (Phi) is 4.66. The Hall–Kier alpha value is -2.39. The highest BCUT2D eigenvalue weighted by molar-refractivity contribution is 5.85. The molecule has 1 saturated heterocycles. The first-order chi connectivity index (χ1) is 12.3. The van der Waals surface area contributed by atoms with E-state index in [0.717, 1.165) is 32.5 Å². The Bertz CT molecular complexity index is 700. The van der Waals surface area contributed by atoms with Gasteiger partial charge in [-0.25, -0.2) is 0 Å². The van der Waals surface area contributed by atoms with Crippen molar-refractivity contribution in [3.8, 4) is 0 Å². The Balaban J connectivity index is 1.57. The van der Waals surface area contributed by atoms with E-state index in [1.165, 1.54) is 11.1 Å². The summed E-state index contributed by atoms with van der Waals surface area (Å²) in [6.45, 7) is 2.38. The topological polar surface area (TPSA) is 23.6 Å². The van der Waals surface area contributed by atoms with Crippen molar-refractivity contribution in [1.82, 2.24) is 9.80 Å². The van der Waals surface area contributed by atoms with Gasteiger partial charge in [0, 0.05) is 25.7 Å². The quantitative estimate of drug-likeness (QED) is 0.781. The summed E-state index contributed by atoms with van der Waals surface area (Å²) < 4.78 is 0. The van der Waals surface area contributed by atoms with E-state index in [2.05, 4.69) is 70.5 Å². The lowest BCUT2D eigenvalue weighted by Crippen LogP contribution is -2.42. The molecule has 0 saturated carbocycles. The van der Waals surface area contributed by atoms with Gasteiger partial charge in [0.2, 0.25) is 5.91 Å². The maximum absolute atomic E-state index is 13.0. The Morgan fingerprint density at radius 1 is 0.880 bits per heavy atom. The fraction of sp³-hybridized carbons (Fsp3) is 0.318. The van der Waals surface area contributed by atoms with Crippen LogP contribution < -0.4 is 0 Å². The van der Waals surface area contributed by atoms with E-state index in [1.807, 2.05) is 12.1 Å². The zero-order valence-electron chi connectivity index (χ0n) is 14.4. The summed E-state index contributed by atoms with van der Waals surface area (Å²) in [4.78, 5) is 17.4. The van der Waals surface area contributed by atoms with Gasteiger partial charge in [-0.3, -0.25) is 9.69 Å². The number of carbonyl (C=O) groups excluding carboxylic acids is 1. The molecule has 0 radical (unpaired) electrons. The highest BCUT2D eigenvalue weighted by atomic mass is 16.2. The van der Waals surface area contributed by atoms with Gasteiger partial charge in [0.1, 0.15) is 0 Å². The van der Waals surface area contributed by atoms with Gasteiger partial charge in [-0.1, -0.05) is 72.8 Å². The number of amides is 1. The van der Waals surface area contributed by atoms with Gasteiger partial charge in [0.15, 0.2) is 0 Å². The second kappa shape index (κ2) is 7.24. The fourth-order valence-corrected chi connectivity index (χ4v) is 3.98. The monoisotopic (exact) mass is 332 g/mol. The molecule has 0 N–H and O–H groups in total. The van der Waals surface area contributed by atoms with Crippen LogP contribution in [0, 0.1) is 0 Å². The minimum atomic E-state index is -0.0229.